The second-order valence-electron chi connectivity index (χ2n) is 4.96. The molecule has 0 radical (unpaired) electrons. The zero-order chi connectivity index (χ0) is 16.2. The summed E-state index contributed by atoms with van der Waals surface area (Å²) in [6, 6.07) is 14.2. The molecule has 0 fully saturated rings. The molecule has 1 heterocycles. The lowest BCUT2D eigenvalue weighted by Gasteiger charge is -2.07. The maximum absolute atomic E-state index is 11.4. The van der Waals surface area contributed by atoms with Gasteiger partial charge in [0.25, 0.3) is 0 Å². The molecule has 0 aliphatic rings. The average molecular weight is 325 g/mol. The van der Waals surface area contributed by atoms with Gasteiger partial charge in [-0.2, -0.15) is 0 Å². The van der Waals surface area contributed by atoms with Gasteiger partial charge < -0.3 is 16.2 Å². The molecular formula is C17H15N3O2S. The Labute approximate surface area is 137 Å². The Morgan fingerprint density at radius 2 is 2.04 bits per heavy atom. The lowest BCUT2D eigenvalue weighted by Crippen LogP contribution is -2.15. The molecule has 1 aromatic heterocycles. The van der Waals surface area contributed by atoms with E-state index in [2.05, 4.69) is 10.3 Å². The van der Waals surface area contributed by atoms with E-state index in [-0.39, 0.29) is 5.75 Å². The minimum absolute atomic E-state index is 0.209. The van der Waals surface area contributed by atoms with Crippen LogP contribution in [-0.2, 0) is 6.54 Å². The first-order valence-electron chi connectivity index (χ1n) is 7.00. The molecule has 0 saturated carbocycles. The van der Waals surface area contributed by atoms with E-state index in [1.165, 1.54) is 11.3 Å². The number of anilines is 1. The van der Waals surface area contributed by atoms with E-state index < -0.39 is 5.91 Å². The largest absolute Gasteiger partial charge is 0.508 e. The maximum atomic E-state index is 11.4. The number of nitrogens with two attached hydrogens (primary N) is 1. The van der Waals surface area contributed by atoms with Gasteiger partial charge in [0.2, 0.25) is 5.91 Å². The molecule has 2 aromatic carbocycles. The van der Waals surface area contributed by atoms with Crippen LogP contribution in [0.25, 0.3) is 11.3 Å². The summed E-state index contributed by atoms with van der Waals surface area (Å²) in [6.45, 7) is 0.464. The van der Waals surface area contributed by atoms with Gasteiger partial charge in [-0.15, -0.1) is 11.3 Å². The van der Waals surface area contributed by atoms with Crippen LogP contribution >= 0.6 is 11.3 Å². The third-order valence-electron chi connectivity index (χ3n) is 3.36. The molecular weight excluding hydrogens is 310 g/mol. The van der Waals surface area contributed by atoms with Gasteiger partial charge in [0.05, 0.1) is 5.69 Å². The number of nitrogens with zero attached hydrogens (tertiary/aromatic N) is 1. The van der Waals surface area contributed by atoms with Crippen molar-refractivity contribution in [3.63, 3.8) is 0 Å². The number of aromatic hydroxyl groups is 1. The van der Waals surface area contributed by atoms with Crippen molar-refractivity contribution < 1.29 is 9.90 Å². The summed E-state index contributed by atoms with van der Waals surface area (Å²) in [6.07, 6.45) is 0. The highest BCUT2D eigenvalue weighted by molar-refractivity contribution is 7.14. The van der Waals surface area contributed by atoms with Gasteiger partial charge in [0.15, 0.2) is 5.13 Å². The van der Waals surface area contributed by atoms with Gasteiger partial charge in [-0.3, -0.25) is 4.79 Å². The number of amides is 1. The summed E-state index contributed by atoms with van der Waals surface area (Å²) in [5.74, 6) is -0.234. The van der Waals surface area contributed by atoms with E-state index in [4.69, 9.17) is 5.73 Å². The van der Waals surface area contributed by atoms with E-state index in [1.54, 1.807) is 30.3 Å². The number of rotatable bonds is 5. The van der Waals surface area contributed by atoms with Crippen LogP contribution in [0, 0.1) is 0 Å². The molecule has 0 aliphatic heterocycles. The highest BCUT2D eigenvalue weighted by Gasteiger charge is 2.09. The Morgan fingerprint density at radius 3 is 2.83 bits per heavy atom. The van der Waals surface area contributed by atoms with Crippen molar-refractivity contribution in [3.8, 4) is 17.0 Å². The van der Waals surface area contributed by atoms with Crippen LogP contribution in [0.4, 0.5) is 5.13 Å². The lowest BCUT2D eigenvalue weighted by atomic mass is 10.1. The molecule has 6 heteroatoms. The zero-order valence-electron chi connectivity index (χ0n) is 12.2. The SMILES string of the molecule is NC(=O)c1ccccc1CNc1nc(-c2cccc(O)c2)cs1. The number of phenols is 1. The normalized spacial score (nSPS) is 10.4. The maximum Gasteiger partial charge on any atom is 0.249 e. The van der Waals surface area contributed by atoms with Gasteiger partial charge >= 0.3 is 0 Å². The highest BCUT2D eigenvalue weighted by atomic mass is 32.1. The standard InChI is InChI=1S/C17H15N3O2S/c18-16(22)14-7-2-1-4-12(14)9-19-17-20-15(10-23-17)11-5-3-6-13(21)8-11/h1-8,10,21H,9H2,(H2,18,22)(H,19,20). The van der Waals surface area contributed by atoms with Gasteiger partial charge in [-0.1, -0.05) is 30.3 Å². The molecule has 0 unspecified atom stereocenters. The summed E-state index contributed by atoms with van der Waals surface area (Å²) in [5.41, 5.74) is 8.35. The van der Waals surface area contributed by atoms with Crippen LogP contribution in [0.2, 0.25) is 0 Å². The number of carbonyl (C=O) groups excluding carboxylic acids is 1. The number of phenolic OH excluding ortho intramolecular Hbond substituents is 1. The Kier molecular flexibility index (Phi) is 4.25. The van der Waals surface area contributed by atoms with Crippen LogP contribution < -0.4 is 11.1 Å². The van der Waals surface area contributed by atoms with Gasteiger partial charge in [0.1, 0.15) is 5.75 Å². The fourth-order valence-corrected chi connectivity index (χ4v) is 2.96. The second kappa shape index (κ2) is 6.50. The average Bonchev–Trinajstić information content (AvgIpc) is 3.02. The van der Waals surface area contributed by atoms with Crippen molar-refractivity contribution in [2.45, 2.75) is 6.54 Å². The summed E-state index contributed by atoms with van der Waals surface area (Å²) in [7, 11) is 0. The minimum Gasteiger partial charge on any atom is -0.508 e. The molecule has 116 valence electrons. The molecule has 3 rings (SSSR count). The van der Waals surface area contributed by atoms with Crippen molar-refractivity contribution in [1.82, 2.24) is 4.98 Å². The van der Waals surface area contributed by atoms with Crippen LogP contribution in [0.1, 0.15) is 15.9 Å². The van der Waals surface area contributed by atoms with Crippen molar-refractivity contribution in [1.29, 1.82) is 0 Å². The molecule has 0 aliphatic carbocycles. The molecule has 23 heavy (non-hydrogen) atoms. The molecule has 0 bridgehead atoms. The smallest absolute Gasteiger partial charge is 0.249 e. The Hall–Kier alpha value is -2.86. The summed E-state index contributed by atoms with van der Waals surface area (Å²) < 4.78 is 0. The predicted molar refractivity (Wildman–Crippen MR) is 91.5 cm³/mol. The van der Waals surface area contributed by atoms with Crippen molar-refractivity contribution >= 4 is 22.4 Å². The third kappa shape index (κ3) is 3.49. The fraction of sp³-hybridized carbons (Fsp3) is 0.0588. The Bertz CT molecular complexity index is 845. The number of thiazole rings is 1. The monoisotopic (exact) mass is 325 g/mol. The van der Waals surface area contributed by atoms with Crippen molar-refractivity contribution in [3.05, 3.63) is 65.0 Å². The number of benzene rings is 2. The van der Waals surface area contributed by atoms with Crippen LogP contribution in [0.3, 0.4) is 0 Å². The van der Waals surface area contributed by atoms with Gasteiger partial charge in [0, 0.05) is 23.1 Å². The fourth-order valence-electron chi connectivity index (χ4n) is 2.24. The van der Waals surface area contributed by atoms with E-state index in [1.807, 2.05) is 23.6 Å². The summed E-state index contributed by atoms with van der Waals surface area (Å²) in [4.78, 5) is 15.9. The number of aromatic nitrogens is 1. The number of hydrogen-bond acceptors (Lipinski definition) is 5. The topological polar surface area (TPSA) is 88.2 Å². The van der Waals surface area contributed by atoms with E-state index in [9.17, 15) is 9.90 Å². The second-order valence-corrected chi connectivity index (χ2v) is 5.82. The summed E-state index contributed by atoms with van der Waals surface area (Å²) >= 11 is 1.46. The Balaban J connectivity index is 1.74. The molecule has 4 N–H and O–H groups in total. The van der Waals surface area contributed by atoms with Crippen LogP contribution in [0.15, 0.2) is 53.9 Å². The molecule has 0 saturated heterocycles. The number of nitrogens with one attached hydrogen (secondary N) is 1. The number of carbonyl (C=O) groups is 1. The lowest BCUT2D eigenvalue weighted by molar-refractivity contribution is 0.0999. The van der Waals surface area contributed by atoms with Gasteiger partial charge in [-0.05, 0) is 23.8 Å². The predicted octanol–water partition coefficient (Wildman–Crippen LogP) is 3.23. The van der Waals surface area contributed by atoms with E-state index in [0.29, 0.717) is 12.1 Å². The summed E-state index contributed by atoms with van der Waals surface area (Å²) in [5, 5.41) is 15.4. The minimum atomic E-state index is -0.443. The van der Waals surface area contributed by atoms with Crippen LogP contribution in [0.5, 0.6) is 5.75 Å². The molecule has 1 amide bonds. The van der Waals surface area contributed by atoms with Crippen LogP contribution in [-0.4, -0.2) is 16.0 Å². The van der Waals surface area contributed by atoms with Crippen molar-refractivity contribution in [2.75, 3.05) is 5.32 Å². The zero-order valence-corrected chi connectivity index (χ0v) is 13.0. The highest BCUT2D eigenvalue weighted by Crippen LogP contribution is 2.27. The van der Waals surface area contributed by atoms with E-state index in [0.717, 1.165) is 22.0 Å². The molecule has 0 atom stereocenters. The quantitative estimate of drug-likeness (QED) is 0.672. The first-order valence-corrected chi connectivity index (χ1v) is 7.88. The first-order chi connectivity index (χ1) is 11.1. The molecule has 3 aromatic rings. The molecule has 0 spiro atoms. The number of primary amides is 1. The number of hydrogen-bond donors (Lipinski definition) is 3. The molecule has 5 nitrogen and oxygen atoms in total. The third-order valence-corrected chi connectivity index (χ3v) is 4.16. The Morgan fingerprint density at radius 1 is 1.22 bits per heavy atom. The van der Waals surface area contributed by atoms with Gasteiger partial charge in [-0.25, -0.2) is 4.98 Å². The first kappa shape index (κ1) is 15.1. The van der Waals surface area contributed by atoms with Crippen molar-refractivity contribution in [2.24, 2.45) is 5.73 Å². The van der Waals surface area contributed by atoms with E-state index >= 15 is 0 Å².